The number of ether oxygens (including phenoxy) is 1. The van der Waals surface area contributed by atoms with Crippen molar-refractivity contribution in [2.45, 2.75) is 26.3 Å². The van der Waals surface area contributed by atoms with Crippen LogP contribution in [0.3, 0.4) is 0 Å². The van der Waals surface area contributed by atoms with E-state index in [1.165, 1.54) is 0 Å². The number of fused-ring (bicyclic) bond motifs is 1. The largest absolute Gasteiger partial charge is 0.381 e. The van der Waals surface area contributed by atoms with Gasteiger partial charge >= 0.3 is 0 Å². The summed E-state index contributed by atoms with van der Waals surface area (Å²) >= 11 is 0. The first-order valence-electron chi connectivity index (χ1n) is 7.24. The van der Waals surface area contributed by atoms with E-state index in [2.05, 4.69) is 30.2 Å². The Kier molecular flexibility index (Phi) is 3.52. The van der Waals surface area contributed by atoms with E-state index in [-0.39, 0.29) is 11.5 Å². The van der Waals surface area contributed by atoms with E-state index in [0.29, 0.717) is 5.56 Å². The number of nitriles is 1. The van der Waals surface area contributed by atoms with E-state index in [9.17, 15) is 5.26 Å². The van der Waals surface area contributed by atoms with Crippen molar-refractivity contribution in [1.29, 1.82) is 5.26 Å². The maximum atomic E-state index is 9.38. The van der Waals surface area contributed by atoms with E-state index in [4.69, 9.17) is 4.74 Å². The summed E-state index contributed by atoms with van der Waals surface area (Å²) in [7, 11) is 0. The molecule has 2 heterocycles. The van der Waals surface area contributed by atoms with Gasteiger partial charge < -0.3 is 10.1 Å². The van der Waals surface area contributed by atoms with Crippen molar-refractivity contribution < 1.29 is 4.74 Å². The lowest BCUT2D eigenvalue weighted by Gasteiger charge is -2.39. The minimum absolute atomic E-state index is 0.0371. The number of rotatable bonds is 2. The lowest BCUT2D eigenvalue weighted by atomic mass is 9.81. The third-order valence-corrected chi connectivity index (χ3v) is 4.18. The molecule has 1 unspecified atom stereocenters. The van der Waals surface area contributed by atoms with E-state index in [1.807, 2.05) is 24.3 Å². The number of hydrogen-bond donors (Lipinski definition) is 1. The maximum absolute atomic E-state index is 9.38. The zero-order valence-electron chi connectivity index (χ0n) is 12.4. The predicted octanol–water partition coefficient (Wildman–Crippen LogP) is 3.33. The van der Waals surface area contributed by atoms with E-state index >= 15 is 0 Å². The van der Waals surface area contributed by atoms with Gasteiger partial charge in [0.05, 0.1) is 23.4 Å². The topological polar surface area (TPSA) is 57.9 Å². The summed E-state index contributed by atoms with van der Waals surface area (Å²) in [6.45, 7) is 5.88. The molecule has 1 aliphatic rings. The third-order valence-electron chi connectivity index (χ3n) is 4.18. The van der Waals surface area contributed by atoms with E-state index in [0.717, 1.165) is 36.2 Å². The Morgan fingerprint density at radius 1 is 1.38 bits per heavy atom. The molecule has 1 fully saturated rings. The molecular formula is C17H19N3O. The van der Waals surface area contributed by atoms with Gasteiger partial charge in [-0.2, -0.15) is 5.26 Å². The van der Waals surface area contributed by atoms with Crippen molar-refractivity contribution in [3.05, 3.63) is 36.0 Å². The molecule has 4 nitrogen and oxygen atoms in total. The molecule has 108 valence electrons. The van der Waals surface area contributed by atoms with Crippen LogP contribution in [0.2, 0.25) is 0 Å². The molecule has 0 saturated carbocycles. The maximum Gasteiger partial charge on any atom is 0.103 e. The monoisotopic (exact) mass is 281 g/mol. The fourth-order valence-electron chi connectivity index (χ4n) is 2.85. The average Bonchev–Trinajstić information content (AvgIpc) is 2.49. The van der Waals surface area contributed by atoms with Gasteiger partial charge in [-0.15, -0.1) is 0 Å². The number of benzene rings is 1. The Hall–Kier alpha value is -2.12. The second-order valence-electron chi connectivity index (χ2n) is 6.20. The molecule has 1 saturated heterocycles. The molecule has 0 radical (unpaired) electrons. The molecule has 3 rings (SSSR count). The van der Waals surface area contributed by atoms with Crippen molar-refractivity contribution in [2.24, 2.45) is 5.41 Å². The highest BCUT2D eigenvalue weighted by Gasteiger charge is 2.33. The zero-order valence-corrected chi connectivity index (χ0v) is 12.4. The molecule has 2 aromatic rings. The summed E-state index contributed by atoms with van der Waals surface area (Å²) < 4.78 is 5.58. The minimum Gasteiger partial charge on any atom is -0.381 e. The Bertz CT molecular complexity index is 703. The number of nitrogens with one attached hydrogen (secondary N) is 1. The highest BCUT2D eigenvalue weighted by atomic mass is 16.5. The van der Waals surface area contributed by atoms with Crippen LogP contribution in [0.4, 0.5) is 5.69 Å². The second kappa shape index (κ2) is 5.34. The van der Waals surface area contributed by atoms with Gasteiger partial charge in [-0.3, -0.25) is 4.98 Å². The molecule has 1 N–H and O–H groups in total. The SMILES string of the molecule is CC1(C)COCCC1Nc1c(C#N)cnc2ccccc12. The molecule has 1 atom stereocenters. The van der Waals surface area contributed by atoms with Crippen LogP contribution in [-0.4, -0.2) is 24.2 Å². The normalized spacial score (nSPS) is 20.9. The van der Waals surface area contributed by atoms with Gasteiger partial charge in [-0.1, -0.05) is 32.0 Å². The standard InChI is InChI=1S/C17H19N3O/c1-17(2)11-21-8-7-15(17)20-16-12(9-18)10-19-14-6-4-3-5-13(14)16/h3-6,10,15H,7-8,11H2,1-2H3,(H,19,20). The molecule has 1 aromatic heterocycles. The summed E-state index contributed by atoms with van der Waals surface area (Å²) in [4.78, 5) is 4.35. The van der Waals surface area contributed by atoms with Gasteiger partial charge in [0, 0.05) is 29.6 Å². The van der Waals surface area contributed by atoms with Crippen LogP contribution in [0, 0.1) is 16.7 Å². The fraction of sp³-hybridized carbons (Fsp3) is 0.412. The summed E-state index contributed by atoms with van der Waals surface area (Å²) in [5.74, 6) is 0. The molecule has 0 aliphatic carbocycles. The first-order valence-corrected chi connectivity index (χ1v) is 7.24. The number of anilines is 1. The molecule has 0 spiro atoms. The number of hydrogen-bond acceptors (Lipinski definition) is 4. The number of aromatic nitrogens is 1. The minimum atomic E-state index is 0.0371. The summed E-state index contributed by atoms with van der Waals surface area (Å²) in [5.41, 5.74) is 2.43. The quantitative estimate of drug-likeness (QED) is 0.917. The van der Waals surface area contributed by atoms with E-state index < -0.39 is 0 Å². The van der Waals surface area contributed by atoms with Crippen LogP contribution in [-0.2, 0) is 4.74 Å². The third kappa shape index (κ3) is 2.57. The highest BCUT2D eigenvalue weighted by molar-refractivity contribution is 5.94. The van der Waals surface area contributed by atoms with Crippen LogP contribution in [0.25, 0.3) is 10.9 Å². The zero-order chi connectivity index (χ0) is 14.9. The molecule has 0 bridgehead atoms. The number of nitrogens with zero attached hydrogens (tertiary/aromatic N) is 2. The Balaban J connectivity index is 2.05. The Morgan fingerprint density at radius 3 is 2.95 bits per heavy atom. The molecule has 0 amide bonds. The van der Waals surface area contributed by atoms with Crippen LogP contribution in [0.5, 0.6) is 0 Å². The van der Waals surface area contributed by atoms with Crippen molar-refractivity contribution in [1.82, 2.24) is 4.98 Å². The Morgan fingerprint density at radius 2 is 2.19 bits per heavy atom. The van der Waals surface area contributed by atoms with Crippen molar-refractivity contribution in [2.75, 3.05) is 18.5 Å². The lowest BCUT2D eigenvalue weighted by Crippen LogP contribution is -2.44. The number of para-hydroxylation sites is 1. The first kappa shape index (κ1) is 13.8. The number of pyridine rings is 1. The van der Waals surface area contributed by atoms with Crippen molar-refractivity contribution >= 4 is 16.6 Å². The summed E-state index contributed by atoms with van der Waals surface area (Å²) in [6, 6.07) is 10.5. The Labute approximate surface area is 124 Å². The molecule has 1 aliphatic heterocycles. The van der Waals surface area contributed by atoms with Crippen LogP contribution in [0.1, 0.15) is 25.8 Å². The van der Waals surface area contributed by atoms with Gasteiger partial charge in [0.15, 0.2) is 0 Å². The molecule has 21 heavy (non-hydrogen) atoms. The first-order chi connectivity index (χ1) is 10.1. The molecular weight excluding hydrogens is 262 g/mol. The van der Waals surface area contributed by atoms with Gasteiger partial charge in [0.2, 0.25) is 0 Å². The van der Waals surface area contributed by atoms with Crippen molar-refractivity contribution in [3.8, 4) is 6.07 Å². The molecule has 4 heteroatoms. The predicted molar refractivity (Wildman–Crippen MR) is 83.1 cm³/mol. The van der Waals surface area contributed by atoms with E-state index in [1.54, 1.807) is 6.20 Å². The fourth-order valence-corrected chi connectivity index (χ4v) is 2.85. The van der Waals surface area contributed by atoms with Crippen LogP contribution < -0.4 is 5.32 Å². The second-order valence-corrected chi connectivity index (χ2v) is 6.20. The van der Waals surface area contributed by atoms with Gasteiger partial charge in [0.1, 0.15) is 6.07 Å². The van der Waals surface area contributed by atoms with Crippen molar-refractivity contribution in [3.63, 3.8) is 0 Å². The smallest absolute Gasteiger partial charge is 0.103 e. The summed E-state index contributed by atoms with van der Waals surface area (Å²) in [5, 5.41) is 14.0. The van der Waals surface area contributed by atoms with Crippen LogP contribution in [0.15, 0.2) is 30.5 Å². The highest BCUT2D eigenvalue weighted by Crippen LogP contribution is 2.33. The van der Waals surface area contributed by atoms with Gasteiger partial charge in [0.25, 0.3) is 0 Å². The van der Waals surface area contributed by atoms with Crippen LogP contribution >= 0.6 is 0 Å². The lowest BCUT2D eigenvalue weighted by molar-refractivity contribution is 0.00350. The van der Waals surface area contributed by atoms with Gasteiger partial charge in [-0.25, -0.2) is 0 Å². The molecule has 1 aromatic carbocycles. The summed E-state index contributed by atoms with van der Waals surface area (Å²) in [6.07, 6.45) is 2.59. The average molecular weight is 281 g/mol. The van der Waals surface area contributed by atoms with Gasteiger partial charge in [-0.05, 0) is 12.5 Å².